The van der Waals surface area contributed by atoms with Gasteiger partial charge in [-0.15, -0.1) is 0 Å². The maximum atomic E-state index is 5.76. The summed E-state index contributed by atoms with van der Waals surface area (Å²) in [4.78, 5) is 6.69. The minimum atomic E-state index is 0.399. The van der Waals surface area contributed by atoms with Crippen molar-refractivity contribution in [3.05, 3.63) is 24.0 Å². The minimum absolute atomic E-state index is 0.399. The van der Waals surface area contributed by atoms with Crippen LogP contribution in [0.4, 0.5) is 5.69 Å². The van der Waals surface area contributed by atoms with E-state index in [1.807, 2.05) is 19.3 Å². The zero-order valence-corrected chi connectivity index (χ0v) is 11.4. The summed E-state index contributed by atoms with van der Waals surface area (Å²) >= 11 is 0. The molecule has 0 aromatic carbocycles. The Morgan fingerprint density at radius 3 is 3.11 bits per heavy atom. The van der Waals surface area contributed by atoms with Crippen LogP contribution in [0.25, 0.3) is 0 Å². The number of nitrogens with one attached hydrogen (secondary N) is 1. The second-order valence-corrected chi connectivity index (χ2v) is 4.97. The predicted molar refractivity (Wildman–Crippen MR) is 73.7 cm³/mol. The number of likely N-dealkylation sites (N-methyl/N-ethyl adjacent to an activating group) is 1. The molecule has 1 aliphatic heterocycles. The van der Waals surface area contributed by atoms with Crippen LogP contribution < -0.4 is 5.32 Å². The van der Waals surface area contributed by atoms with Gasteiger partial charge in [-0.05, 0) is 38.4 Å². The quantitative estimate of drug-likeness (QED) is 0.867. The van der Waals surface area contributed by atoms with Gasteiger partial charge in [-0.1, -0.05) is 0 Å². The Bertz CT molecular complexity index is 364. The molecule has 0 amide bonds. The van der Waals surface area contributed by atoms with E-state index in [1.165, 1.54) is 19.3 Å². The van der Waals surface area contributed by atoms with Gasteiger partial charge in [0.2, 0.25) is 0 Å². The zero-order valence-electron chi connectivity index (χ0n) is 11.4. The van der Waals surface area contributed by atoms with Gasteiger partial charge in [0.05, 0.1) is 11.8 Å². The van der Waals surface area contributed by atoms with Crippen molar-refractivity contribution in [3.63, 3.8) is 0 Å². The van der Waals surface area contributed by atoms with Gasteiger partial charge in [0.15, 0.2) is 0 Å². The Morgan fingerprint density at radius 1 is 1.50 bits per heavy atom. The van der Waals surface area contributed by atoms with E-state index in [4.69, 9.17) is 4.74 Å². The van der Waals surface area contributed by atoms with Crippen molar-refractivity contribution < 1.29 is 4.74 Å². The number of rotatable bonds is 5. The molecule has 1 saturated heterocycles. The van der Waals surface area contributed by atoms with Crippen molar-refractivity contribution in [2.75, 3.05) is 32.6 Å². The molecule has 1 aromatic heterocycles. The van der Waals surface area contributed by atoms with Gasteiger partial charge >= 0.3 is 0 Å². The molecule has 1 unspecified atom stereocenters. The Kier molecular flexibility index (Phi) is 4.96. The highest BCUT2D eigenvalue weighted by atomic mass is 16.5. The topological polar surface area (TPSA) is 37.4 Å². The molecule has 1 aromatic rings. The normalized spacial score (nSPS) is 20.1. The molecule has 2 rings (SSSR count). The first kappa shape index (κ1) is 13.3. The van der Waals surface area contributed by atoms with Crippen LogP contribution in [0.2, 0.25) is 0 Å². The lowest BCUT2D eigenvalue weighted by atomic mass is 10.1. The maximum Gasteiger partial charge on any atom is 0.0702 e. The fraction of sp³-hybridized carbons (Fsp3) is 0.643. The standard InChI is InChI=1S/C14H23N3O/c1-15-12-6-7-16-13(9-12)10-17(2)11-14-5-3-4-8-18-14/h6-7,9,14H,3-5,8,10-11H2,1-2H3,(H,15,16). The predicted octanol–water partition coefficient (Wildman–Crippen LogP) is 2.12. The van der Waals surface area contributed by atoms with Gasteiger partial charge < -0.3 is 10.1 Å². The molecule has 4 heteroatoms. The van der Waals surface area contributed by atoms with E-state index in [1.54, 1.807) is 0 Å². The van der Waals surface area contributed by atoms with Crippen LogP contribution in [0.1, 0.15) is 25.0 Å². The third kappa shape index (κ3) is 3.96. The Labute approximate surface area is 109 Å². The van der Waals surface area contributed by atoms with Crippen LogP contribution in [0.3, 0.4) is 0 Å². The summed E-state index contributed by atoms with van der Waals surface area (Å²) in [5.41, 5.74) is 2.21. The van der Waals surface area contributed by atoms with Gasteiger partial charge in [-0.25, -0.2) is 0 Å². The van der Waals surface area contributed by atoms with Gasteiger partial charge in [-0.3, -0.25) is 9.88 Å². The van der Waals surface area contributed by atoms with Crippen LogP contribution in [0, 0.1) is 0 Å². The van der Waals surface area contributed by atoms with Crippen LogP contribution in [0.15, 0.2) is 18.3 Å². The number of anilines is 1. The summed E-state index contributed by atoms with van der Waals surface area (Å²) in [5, 5.41) is 3.14. The average molecular weight is 249 g/mol. The van der Waals surface area contributed by atoms with Gasteiger partial charge in [0.25, 0.3) is 0 Å². The molecular weight excluding hydrogens is 226 g/mol. The van der Waals surface area contributed by atoms with Gasteiger partial charge in [0, 0.05) is 38.6 Å². The zero-order chi connectivity index (χ0) is 12.8. The van der Waals surface area contributed by atoms with E-state index in [-0.39, 0.29) is 0 Å². The molecule has 1 aliphatic rings. The Balaban J connectivity index is 1.83. The summed E-state index contributed by atoms with van der Waals surface area (Å²) in [6, 6.07) is 4.08. The molecule has 1 fully saturated rings. The summed E-state index contributed by atoms with van der Waals surface area (Å²) in [7, 11) is 4.06. The van der Waals surface area contributed by atoms with Crippen molar-refractivity contribution >= 4 is 5.69 Å². The smallest absolute Gasteiger partial charge is 0.0702 e. The lowest BCUT2D eigenvalue weighted by Crippen LogP contribution is -2.33. The second kappa shape index (κ2) is 6.71. The molecule has 1 atom stereocenters. The molecule has 0 spiro atoms. The van der Waals surface area contributed by atoms with Crippen LogP contribution >= 0.6 is 0 Å². The molecule has 0 saturated carbocycles. The van der Waals surface area contributed by atoms with E-state index in [9.17, 15) is 0 Å². The van der Waals surface area contributed by atoms with E-state index in [0.29, 0.717) is 6.10 Å². The van der Waals surface area contributed by atoms with Crippen LogP contribution in [-0.4, -0.2) is 43.2 Å². The molecule has 2 heterocycles. The van der Waals surface area contributed by atoms with Crippen molar-refractivity contribution in [3.8, 4) is 0 Å². The lowest BCUT2D eigenvalue weighted by molar-refractivity contribution is -0.00274. The summed E-state index contributed by atoms with van der Waals surface area (Å²) < 4.78 is 5.76. The second-order valence-electron chi connectivity index (χ2n) is 4.97. The minimum Gasteiger partial charge on any atom is -0.388 e. The third-order valence-corrected chi connectivity index (χ3v) is 3.33. The van der Waals surface area contributed by atoms with Crippen molar-refractivity contribution in [1.29, 1.82) is 0 Å². The van der Waals surface area contributed by atoms with Crippen molar-refractivity contribution in [2.45, 2.75) is 31.9 Å². The molecule has 18 heavy (non-hydrogen) atoms. The summed E-state index contributed by atoms with van der Waals surface area (Å²) in [6.45, 7) is 2.78. The molecule has 100 valence electrons. The van der Waals surface area contributed by atoms with E-state index in [2.05, 4.69) is 28.3 Å². The van der Waals surface area contributed by atoms with Crippen LogP contribution in [-0.2, 0) is 11.3 Å². The molecule has 0 aliphatic carbocycles. The molecule has 1 N–H and O–H groups in total. The number of hydrogen-bond donors (Lipinski definition) is 1. The highest BCUT2D eigenvalue weighted by Crippen LogP contribution is 2.14. The first-order chi connectivity index (χ1) is 8.78. The number of pyridine rings is 1. The largest absolute Gasteiger partial charge is 0.388 e. The Morgan fingerprint density at radius 2 is 2.39 bits per heavy atom. The number of aromatic nitrogens is 1. The number of nitrogens with zero attached hydrogens (tertiary/aromatic N) is 2. The monoisotopic (exact) mass is 249 g/mol. The van der Waals surface area contributed by atoms with Crippen molar-refractivity contribution in [2.24, 2.45) is 0 Å². The van der Waals surface area contributed by atoms with Gasteiger partial charge in [0.1, 0.15) is 0 Å². The maximum absolute atomic E-state index is 5.76. The first-order valence-electron chi connectivity index (χ1n) is 6.71. The average Bonchev–Trinajstić information content (AvgIpc) is 2.40. The van der Waals surface area contributed by atoms with E-state index in [0.717, 1.165) is 31.1 Å². The summed E-state index contributed by atoms with van der Waals surface area (Å²) in [6.07, 6.45) is 5.95. The third-order valence-electron chi connectivity index (χ3n) is 3.33. The first-order valence-corrected chi connectivity index (χ1v) is 6.71. The van der Waals surface area contributed by atoms with E-state index >= 15 is 0 Å². The molecule has 0 radical (unpaired) electrons. The molecule has 0 bridgehead atoms. The highest BCUT2D eigenvalue weighted by molar-refractivity contribution is 5.42. The fourth-order valence-corrected chi connectivity index (χ4v) is 2.36. The number of ether oxygens (including phenoxy) is 1. The molecule has 4 nitrogen and oxygen atoms in total. The fourth-order valence-electron chi connectivity index (χ4n) is 2.36. The highest BCUT2D eigenvalue weighted by Gasteiger charge is 2.16. The van der Waals surface area contributed by atoms with Gasteiger partial charge in [-0.2, -0.15) is 0 Å². The van der Waals surface area contributed by atoms with Crippen LogP contribution in [0.5, 0.6) is 0 Å². The number of hydrogen-bond acceptors (Lipinski definition) is 4. The Hall–Kier alpha value is -1.13. The van der Waals surface area contributed by atoms with Crippen molar-refractivity contribution in [1.82, 2.24) is 9.88 Å². The van der Waals surface area contributed by atoms with E-state index < -0.39 is 0 Å². The molecular formula is C14H23N3O. The lowest BCUT2D eigenvalue weighted by Gasteiger charge is -2.27. The summed E-state index contributed by atoms with van der Waals surface area (Å²) in [5.74, 6) is 0. The SMILES string of the molecule is CNc1ccnc(CN(C)CC2CCCCO2)c1.